The molecular formula is C21H20FN3O2. The van der Waals surface area contributed by atoms with Gasteiger partial charge in [-0.15, -0.1) is 0 Å². The average molecular weight is 365 g/mol. The lowest BCUT2D eigenvalue weighted by molar-refractivity contribution is -0.117. The Balaban J connectivity index is 1.85. The van der Waals surface area contributed by atoms with Gasteiger partial charge in [-0.1, -0.05) is 24.3 Å². The number of nitrogens with one attached hydrogen (secondary N) is 1. The number of benzene rings is 2. The number of rotatable bonds is 6. The van der Waals surface area contributed by atoms with Crippen LogP contribution in [-0.4, -0.2) is 22.6 Å². The Morgan fingerprint density at radius 2 is 2.07 bits per heavy atom. The van der Waals surface area contributed by atoms with Gasteiger partial charge in [-0.3, -0.25) is 4.79 Å². The first-order valence-corrected chi connectivity index (χ1v) is 8.42. The molecule has 3 aromatic rings. The van der Waals surface area contributed by atoms with Crippen LogP contribution in [0.3, 0.4) is 0 Å². The fourth-order valence-electron chi connectivity index (χ4n) is 2.75. The molecule has 138 valence electrons. The van der Waals surface area contributed by atoms with E-state index in [1.165, 1.54) is 18.2 Å². The fraction of sp³-hybridized carbons (Fsp3) is 0.143. The highest BCUT2D eigenvalue weighted by molar-refractivity contribution is 5.92. The van der Waals surface area contributed by atoms with Gasteiger partial charge in [0, 0.05) is 25.5 Å². The normalized spacial score (nSPS) is 12.1. The van der Waals surface area contributed by atoms with Crippen molar-refractivity contribution in [2.24, 2.45) is 7.05 Å². The zero-order valence-electron chi connectivity index (χ0n) is 15.1. The fourth-order valence-corrected chi connectivity index (χ4v) is 2.75. The zero-order chi connectivity index (χ0) is 19.2. The summed E-state index contributed by atoms with van der Waals surface area (Å²) < 4.78 is 20.4. The molecule has 5 nitrogen and oxygen atoms in total. The largest absolute Gasteiger partial charge is 0.497 e. The summed E-state index contributed by atoms with van der Waals surface area (Å²) in [5.74, 6) is 0.724. The molecule has 2 aromatic carbocycles. The second-order valence-electron chi connectivity index (χ2n) is 6.00. The summed E-state index contributed by atoms with van der Waals surface area (Å²) in [6, 6.07) is 13.0. The summed E-state index contributed by atoms with van der Waals surface area (Å²) >= 11 is 0. The number of carbonyl (C=O) groups excluding carboxylic acids is 1. The van der Waals surface area contributed by atoms with Crippen molar-refractivity contribution in [3.63, 3.8) is 0 Å². The molecule has 1 atom stereocenters. The molecule has 1 N–H and O–H groups in total. The third-order valence-corrected chi connectivity index (χ3v) is 4.11. The SMILES string of the molecule is COc1cccc(C(NC(=O)/C=C/c2cccc(F)c2)c2nccn2C)c1. The minimum atomic E-state index is -0.454. The number of imidazole rings is 1. The number of nitrogens with zero attached hydrogens (tertiary/aromatic N) is 2. The van der Waals surface area contributed by atoms with Gasteiger partial charge in [0.2, 0.25) is 5.91 Å². The Kier molecular flexibility index (Phi) is 5.66. The number of aryl methyl sites for hydroxylation is 1. The molecule has 0 spiro atoms. The van der Waals surface area contributed by atoms with E-state index in [0.717, 1.165) is 5.56 Å². The van der Waals surface area contributed by atoms with E-state index in [-0.39, 0.29) is 11.7 Å². The number of hydrogen-bond donors (Lipinski definition) is 1. The number of aromatic nitrogens is 2. The number of hydrogen-bond acceptors (Lipinski definition) is 3. The van der Waals surface area contributed by atoms with Crippen LogP contribution in [0.15, 0.2) is 67.0 Å². The lowest BCUT2D eigenvalue weighted by atomic mass is 10.1. The summed E-state index contributed by atoms with van der Waals surface area (Å²) in [5.41, 5.74) is 1.45. The molecule has 0 aliphatic rings. The molecule has 6 heteroatoms. The van der Waals surface area contributed by atoms with Crippen LogP contribution in [0, 0.1) is 5.82 Å². The molecule has 0 saturated carbocycles. The molecule has 1 amide bonds. The van der Waals surface area contributed by atoms with Crippen molar-refractivity contribution in [2.45, 2.75) is 6.04 Å². The standard InChI is InChI=1S/C21H20FN3O2/c1-25-12-11-23-21(25)20(16-6-4-8-18(14-16)27-2)24-19(26)10-9-15-5-3-7-17(22)13-15/h3-14,20H,1-2H3,(H,24,26)/b10-9+. The van der Waals surface area contributed by atoms with Crippen molar-refractivity contribution >= 4 is 12.0 Å². The second-order valence-corrected chi connectivity index (χ2v) is 6.00. The second kappa shape index (κ2) is 8.31. The minimum Gasteiger partial charge on any atom is -0.497 e. The topological polar surface area (TPSA) is 56.1 Å². The molecule has 1 aromatic heterocycles. The monoisotopic (exact) mass is 365 g/mol. The number of halogens is 1. The number of carbonyl (C=O) groups is 1. The number of ether oxygens (including phenoxy) is 1. The lowest BCUT2D eigenvalue weighted by Crippen LogP contribution is -2.29. The van der Waals surface area contributed by atoms with Crippen LogP contribution in [0.5, 0.6) is 5.75 Å². The van der Waals surface area contributed by atoms with Crippen LogP contribution in [0.1, 0.15) is 23.0 Å². The van der Waals surface area contributed by atoms with Gasteiger partial charge in [0.05, 0.1) is 7.11 Å². The van der Waals surface area contributed by atoms with Crippen molar-refractivity contribution in [2.75, 3.05) is 7.11 Å². The van der Waals surface area contributed by atoms with E-state index >= 15 is 0 Å². The molecule has 1 unspecified atom stereocenters. The maximum absolute atomic E-state index is 13.3. The van der Waals surface area contributed by atoms with Crippen molar-refractivity contribution in [1.82, 2.24) is 14.9 Å². The molecular weight excluding hydrogens is 345 g/mol. The zero-order valence-corrected chi connectivity index (χ0v) is 15.1. The summed E-state index contributed by atoms with van der Waals surface area (Å²) in [7, 11) is 3.46. The molecule has 0 radical (unpaired) electrons. The van der Waals surface area contributed by atoms with E-state index in [2.05, 4.69) is 10.3 Å². The number of amides is 1. The van der Waals surface area contributed by atoms with Crippen LogP contribution in [0.2, 0.25) is 0 Å². The van der Waals surface area contributed by atoms with E-state index < -0.39 is 6.04 Å². The summed E-state index contributed by atoms with van der Waals surface area (Å²) in [5, 5.41) is 2.95. The maximum Gasteiger partial charge on any atom is 0.244 e. The summed E-state index contributed by atoms with van der Waals surface area (Å²) in [4.78, 5) is 16.9. The molecule has 3 rings (SSSR count). The predicted octanol–water partition coefficient (Wildman–Crippen LogP) is 3.49. The lowest BCUT2D eigenvalue weighted by Gasteiger charge is -2.19. The van der Waals surface area contributed by atoms with Gasteiger partial charge in [0.1, 0.15) is 23.4 Å². The van der Waals surface area contributed by atoms with E-state index in [1.807, 2.05) is 42.1 Å². The van der Waals surface area contributed by atoms with Crippen molar-refractivity contribution in [3.05, 3.63) is 89.8 Å². The van der Waals surface area contributed by atoms with Gasteiger partial charge in [-0.05, 0) is 41.5 Å². The van der Waals surface area contributed by atoms with E-state index in [1.54, 1.807) is 31.5 Å². The highest BCUT2D eigenvalue weighted by atomic mass is 19.1. The highest BCUT2D eigenvalue weighted by Crippen LogP contribution is 2.24. The van der Waals surface area contributed by atoms with Crippen molar-refractivity contribution < 1.29 is 13.9 Å². The molecule has 0 aliphatic carbocycles. The number of methoxy groups -OCH3 is 1. The van der Waals surface area contributed by atoms with Crippen LogP contribution < -0.4 is 10.1 Å². The average Bonchev–Trinajstić information content (AvgIpc) is 3.10. The Bertz CT molecular complexity index is 965. The molecule has 0 aliphatic heterocycles. The smallest absolute Gasteiger partial charge is 0.244 e. The minimum absolute atomic E-state index is 0.310. The van der Waals surface area contributed by atoms with Gasteiger partial charge < -0.3 is 14.6 Å². The van der Waals surface area contributed by atoms with E-state index in [9.17, 15) is 9.18 Å². The Labute approximate surface area is 157 Å². The molecule has 0 fully saturated rings. The molecule has 27 heavy (non-hydrogen) atoms. The Morgan fingerprint density at radius 3 is 2.78 bits per heavy atom. The quantitative estimate of drug-likeness (QED) is 0.681. The summed E-state index contributed by atoms with van der Waals surface area (Å²) in [6.07, 6.45) is 6.44. The van der Waals surface area contributed by atoms with Gasteiger partial charge in [0.25, 0.3) is 0 Å². The Hall–Kier alpha value is -3.41. The highest BCUT2D eigenvalue weighted by Gasteiger charge is 2.20. The van der Waals surface area contributed by atoms with E-state index in [4.69, 9.17) is 4.74 Å². The molecule has 0 saturated heterocycles. The first-order valence-electron chi connectivity index (χ1n) is 8.42. The maximum atomic E-state index is 13.3. The first kappa shape index (κ1) is 18.4. The van der Waals surface area contributed by atoms with Crippen molar-refractivity contribution in [1.29, 1.82) is 0 Å². The van der Waals surface area contributed by atoms with Crippen molar-refractivity contribution in [3.8, 4) is 5.75 Å². The van der Waals surface area contributed by atoms with Crippen LogP contribution in [0.4, 0.5) is 4.39 Å². The predicted molar refractivity (Wildman–Crippen MR) is 102 cm³/mol. The van der Waals surface area contributed by atoms with Gasteiger partial charge in [0.15, 0.2) is 0 Å². The Morgan fingerprint density at radius 1 is 1.26 bits per heavy atom. The third-order valence-electron chi connectivity index (χ3n) is 4.11. The summed E-state index contributed by atoms with van der Waals surface area (Å²) in [6.45, 7) is 0. The third kappa shape index (κ3) is 4.61. The van der Waals surface area contributed by atoms with Gasteiger partial charge >= 0.3 is 0 Å². The first-order chi connectivity index (χ1) is 13.1. The van der Waals surface area contributed by atoms with Crippen LogP contribution in [-0.2, 0) is 11.8 Å². The molecule has 1 heterocycles. The van der Waals surface area contributed by atoms with Gasteiger partial charge in [-0.25, -0.2) is 9.37 Å². The van der Waals surface area contributed by atoms with Crippen LogP contribution >= 0.6 is 0 Å². The van der Waals surface area contributed by atoms with E-state index in [0.29, 0.717) is 17.1 Å². The van der Waals surface area contributed by atoms with Gasteiger partial charge in [-0.2, -0.15) is 0 Å². The van der Waals surface area contributed by atoms with Crippen LogP contribution in [0.25, 0.3) is 6.08 Å². The molecule has 0 bridgehead atoms.